The molecule has 0 amide bonds. The lowest BCUT2D eigenvalue weighted by Gasteiger charge is -2.11. The normalized spacial score (nSPS) is 10.4. The lowest BCUT2D eigenvalue weighted by atomic mass is 9.95. The molecule has 0 aliphatic carbocycles. The second kappa shape index (κ2) is 5.00. The van der Waals surface area contributed by atoms with Gasteiger partial charge in [-0.1, -0.05) is 43.3 Å². The van der Waals surface area contributed by atoms with Crippen LogP contribution >= 0.6 is 22.6 Å². The van der Waals surface area contributed by atoms with Gasteiger partial charge in [-0.05, 0) is 64.3 Å². The molecule has 0 aliphatic rings. The zero-order valence-corrected chi connectivity index (χ0v) is 11.8. The quantitative estimate of drug-likeness (QED) is 0.695. The number of halogens is 1. The van der Waals surface area contributed by atoms with E-state index >= 15 is 0 Å². The van der Waals surface area contributed by atoms with Crippen LogP contribution < -0.4 is 0 Å². The first-order valence-electron chi connectivity index (χ1n) is 5.57. The Labute approximate surface area is 111 Å². The summed E-state index contributed by atoms with van der Waals surface area (Å²) in [5.41, 5.74) is 5.54. The molecule has 0 N–H and O–H groups in total. The molecule has 0 atom stereocenters. The third-order valence-electron chi connectivity index (χ3n) is 2.96. The summed E-state index contributed by atoms with van der Waals surface area (Å²) in [4.78, 5) is 0. The molecular formula is C15H15I. The monoisotopic (exact) mass is 322 g/mol. The molecule has 0 bridgehead atoms. The zero-order chi connectivity index (χ0) is 11.5. The standard InChI is InChI=1S/C15H15I/c1-3-12-7-4-5-8-14(12)13-9-6-10-15(16)11(13)2/h4-10H,3H2,1-2H3. The largest absolute Gasteiger partial charge is 0.0620 e. The Morgan fingerprint density at radius 3 is 2.38 bits per heavy atom. The number of benzene rings is 2. The van der Waals surface area contributed by atoms with E-state index in [9.17, 15) is 0 Å². The molecule has 1 heteroatoms. The van der Waals surface area contributed by atoms with E-state index in [1.165, 1.54) is 25.8 Å². The van der Waals surface area contributed by atoms with Crippen molar-refractivity contribution >= 4 is 22.6 Å². The predicted molar refractivity (Wildman–Crippen MR) is 78.7 cm³/mol. The van der Waals surface area contributed by atoms with Crippen molar-refractivity contribution in [3.05, 3.63) is 57.2 Å². The van der Waals surface area contributed by atoms with E-state index in [1.807, 2.05) is 0 Å². The Kier molecular flexibility index (Phi) is 3.64. The fourth-order valence-electron chi connectivity index (χ4n) is 1.99. The first-order valence-corrected chi connectivity index (χ1v) is 6.65. The highest BCUT2D eigenvalue weighted by molar-refractivity contribution is 14.1. The van der Waals surface area contributed by atoms with Gasteiger partial charge in [-0.25, -0.2) is 0 Å². The summed E-state index contributed by atoms with van der Waals surface area (Å²) in [7, 11) is 0. The Bertz CT molecular complexity index is 501. The first kappa shape index (κ1) is 11.6. The Morgan fingerprint density at radius 2 is 1.62 bits per heavy atom. The van der Waals surface area contributed by atoms with Crippen LogP contribution in [0.15, 0.2) is 42.5 Å². The summed E-state index contributed by atoms with van der Waals surface area (Å²) in [6, 6.07) is 15.2. The number of aryl methyl sites for hydroxylation is 1. The van der Waals surface area contributed by atoms with Crippen molar-refractivity contribution in [3.63, 3.8) is 0 Å². The Hall–Kier alpha value is -0.830. The summed E-state index contributed by atoms with van der Waals surface area (Å²) in [5.74, 6) is 0. The Morgan fingerprint density at radius 1 is 0.938 bits per heavy atom. The predicted octanol–water partition coefficient (Wildman–Crippen LogP) is 4.83. The molecule has 0 fully saturated rings. The smallest absolute Gasteiger partial charge is 0.0165 e. The number of rotatable bonds is 2. The van der Waals surface area contributed by atoms with Crippen LogP contribution in [0.2, 0.25) is 0 Å². The van der Waals surface area contributed by atoms with E-state index in [2.05, 4.69) is 78.9 Å². The minimum atomic E-state index is 1.08. The zero-order valence-electron chi connectivity index (χ0n) is 9.63. The number of hydrogen-bond donors (Lipinski definition) is 0. The van der Waals surface area contributed by atoms with Gasteiger partial charge >= 0.3 is 0 Å². The van der Waals surface area contributed by atoms with E-state index < -0.39 is 0 Å². The molecule has 0 aliphatic heterocycles. The average Bonchev–Trinajstić information content (AvgIpc) is 2.33. The summed E-state index contributed by atoms with van der Waals surface area (Å²) in [6.45, 7) is 4.41. The molecule has 0 nitrogen and oxygen atoms in total. The summed E-state index contributed by atoms with van der Waals surface area (Å²) >= 11 is 2.40. The van der Waals surface area contributed by atoms with Gasteiger partial charge < -0.3 is 0 Å². The van der Waals surface area contributed by atoms with Gasteiger partial charge in [-0.15, -0.1) is 0 Å². The van der Waals surface area contributed by atoms with Crippen LogP contribution in [-0.4, -0.2) is 0 Å². The molecule has 82 valence electrons. The van der Waals surface area contributed by atoms with E-state index in [4.69, 9.17) is 0 Å². The average molecular weight is 322 g/mol. The minimum absolute atomic E-state index is 1.08. The third-order valence-corrected chi connectivity index (χ3v) is 4.12. The summed E-state index contributed by atoms with van der Waals surface area (Å²) in [5, 5.41) is 0. The third kappa shape index (κ3) is 2.14. The fourth-order valence-corrected chi connectivity index (χ4v) is 2.49. The van der Waals surface area contributed by atoms with Gasteiger partial charge in [0.05, 0.1) is 0 Å². The lowest BCUT2D eigenvalue weighted by Crippen LogP contribution is -1.91. The summed E-state index contributed by atoms with van der Waals surface area (Å²) < 4.78 is 1.33. The van der Waals surface area contributed by atoms with Crippen molar-refractivity contribution < 1.29 is 0 Å². The molecule has 0 unspecified atom stereocenters. The van der Waals surface area contributed by atoms with E-state index in [-0.39, 0.29) is 0 Å². The highest BCUT2D eigenvalue weighted by Gasteiger charge is 2.07. The maximum absolute atomic E-state index is 2.40. The van der Waals surface area contributed by atoms with Crippen molar-refractivity contribution in [3.8, 4) is 11.1 Å². The van der Waals surface area contributed by atoms with Gasteiger partial charge in [-0.3, -0.25) is 0 Å². The molecule has 0 saturated carbocycles. The van der Waals surface area contributed by atoms with E-state index in [1.54, 1.807) is 0 Å². The van der Waals surface area contributed by atoms with Crippen LogP contribution in [0.5, 0.6) is 0 Å². The molecule has 16 heavy (non-hydrogen) atoms. The topological polar surface area (TPSA) is 0 Å². The molecule has 0 heterocycles. The fraction of sp³-hybridized carbons (Fsp3) is 0.200. The lowest BCUT2D eigenvalue weighted by molar-refractivity contribution is 1.14. The van der Waals surface area contributed by atoms with E-state index in [0.717, 1.165) is 6.42 Å². The van der Waals surface area contributed by atoms with Crippen molar-refractivity contribution in [2.45, 2.75) is 20.3 Å². The van der Waals surface area contributed by atoms with Gasteiger partial charge in [0.15, 0.2) is 0 Å². The minimum Gasteiger partial charge on any atom is -0.0620 e. The van der Waals surface area contributed by atoms with Crippen molar-refractivity contribution in [1.29, 1.82) is 0 Å². The molecular weight excluding hydrogens is 307 g/mol. The SMILES string of the molecule is CCc1ccccc1-c1cccc(I)c1C. The highest BCUT2D eigenvalue weighted by atomic mass is 127. The molecule has 0 spiro atoms. The van der Waals surface area contributed by atoms with Gasteiger partial charge in [0.2, 0.25) is 0 Å². The molecule has 0 saturated heterocycles. The molecule has 0 aromatic heterocycles. The maximum atomic E-state index is 2.40. The second-order valence-corrected chi connectivity index (χ2v) is 5.09. The van der Waals surface area contributed by atoms with Crippen molar-refractivity contribution in [2.75, 3.05) is 0 Å². The van der Waals surface area contributed by atoms with Crippen LogP contribution in [0, 0.1) is 10.5 Å². The van der Waals surface area contributed by atoms with E-state index in [0.29, 0.717) is 0 Å². The van der Waals surface area contributed by atoms with Crippen LogP contribution in [0.3, 0.4) is 0 Å². The number of hydrogen-bond acceptors (Lipinski definition) is 0. The maximum Gasteiger partial charge on any atom is 0.0165 e. The van der Waals surface area contributed by atoms with Crippen molar-refractivity contribution in [1.82, 2.24) is 0 Å². The second-order valence-electron chi connectivity index (χ2n) is 3.92. The van der Waals surface area contributed by atoms with Crippen LogP contribution in [0.25, 0.3) is 11.1 Å². The molecule has 2 aromatic carbocycles. The Balaban J connectivity index is 2.63. The molecule has 2 rings (SSSR count). The van der Waals surface area contributed by atoms with Crippen LogP contribution in [0.4, 0.5) is 0 Å². The molecule has 0 radical (unpaired) electrons. The van der Waals surface area contributed by atoms with Gasteiger partial charge in [0.1, 0.15) is 0 Å². The molecule has 2 aromatic rings. The van der Waals surface area contributed by atoms with Crippen LogP contribution in [0.1, 0.15) is 18.1 Å². The van der Waals surface area contributed by atoms with Gasteiger partial charge in [0.25, 0.3) is 0 Å². The van der Waals surface area contributed by atoms with Gasteiger partial charge in [0, 0.05) is 3.57 Å². The van der Waals surface area contributed by atoms with Crippen LogP contribution in [-0.2, 0) is 6.42 Å². The first-order chi connectivity index (χ1) is 7.74. The highest BCUT2D eigenvalue weighted by Crippen LogP contribution is 2.29. The van der Waals surface area contributed by atoms with Gasteiger partial charge in [-0.2, -0.15) is 0 Å². The van der Waals surface area contributed by atoms with Crippen molar-refractivity contribution in [2.24, 2.45) is 0 Å². The summed E-state index contributed by atoms with van der Waals surface area (Å²) in [6.07, 6.45) is 1.08.